The molecule has 2 aliphatic rings. The van der Waals surface area contributed by atoms with E-state index in [2.05, 4.69) is 54.9 Å². The molecular weight excluding hydrogens is 468 g/mol. The highest BCUT2D eigenvalue weighted by Crippen LogP contribution is 2.39. The molecule has 0 bridgehead atoms. The van der Waals surface area contributed by atoms with Crippen LogP contribution in [-0.4, -0.2) is 55.0 Å². The van der Waals surface area contributed by atoms with E-state index in [1.165, 1.54) is 5.39 Å². The third-order valence-electron chi connectivity index (χ3n) is 7.28. The largest absolute Gasteiger partial charge is 0.490 e. The van der Waals surface area contributed by atoms with Gasteiger partial charge in [-0.25, -0.2) is 0 Å². The van der Waals surface area contributed by atoms with E-state index in [0.717, 1.165) is 42.6 Å². The minimum absolute atomic E-state index is 0. The molecule has 2 fully saturated rings. The molecule has 10 heteroatoms. The van der Waals surface area contributed by atoms with Gasteiger partial charge in [0.1, 0.15) is 11.8 Å². The molecule has 0 radical (unpaired) electrons. The van der Waals surface area contributed by atoms with Gasteiger partial charge in [-0.15, -0.1) is 22.6 Å². The molecule has 2 aromatic heterocycles. The van der Waals surface area contributed by atoms with Crippen LogP contribution in [0.5, 0.6) is 5.75 Å². The fourth-order valence-electron chi connectivity index (χ4n) is 5.52. The molecule has 2 aromatic carbocycles. The summed E-state index contributed by atoms with van der Waals surface area (Å²) in [6, 6.07) is 15.9. The van der Waals surface area contributed by atoms with Gasteiger partial charge in [-0.05, 0) is 78.9 Å². The summed E-state index contributed by atoms with van der Waals surface area (Å²) in [5.41, 5.74) is 2.89. The number of para-hydroxylation sites is 1. The van der Waals surface area contributed by atoms with E-state index >= 15 is 0 Å². The first-order chi connectivity index (χ1) is 16.7. The predicted octanol–water partition coefficient (Wildman–Crippen LogP) is 3.84. The van der Waals surface area contributed by atoms with Crippen LogP contribution in [0.1, 0.15) is 25.7 Å². The predicted molar refractivity (Wildman–Crippen MR) is 133 cm³/mol. The summed E-state index contributed by atoms with van der Waals surface area (Å²) in [5.74, 6) is 1.27. The number of aromatic amines is 1. The van der Waals surface area contributed by atoms with Gasteiger partial charge in [-0.1, -0.05) is 18.2 Å². The van der Waals surface area contributed by atoms with Crippen LogP contribution >= 0.6 is 12.4 Å². The minimum atomic E-state index is -0.771. The molecule has 182 valence electrons. The first kappa shape index (κ1) is 23.3. The van der Waals surface area contributed by atoms with Gasteiger partial charge in [0.05, 0.1) is 17.2 Å². The van der Waals surface area contributed by atoms with E-state index in [1.807, 2.05) is 30.3 Å². The highest BCUT2D eigenvalue weighted by Gasteiger charge is 2.38. The van der Waals surface area contributed by atoms with Crippen molar-refractivity contribution in [3.05, 3.63) is 54.7 Å². The standard InChI is InChI=1S/C25H26N6O3.ClH/c32-25(33)21-12-17-11-19(7-5-16(17)14-26-21)34-23-13-18(6-8-20(23)24-27-29-30-28-24)31-10-9-15-3-1-2-4-22(15)31;/h1-4,6,8-10,13,16-17,19,21,26H,5,7,11-12,14H2,(H,32,33)(H,27,28,29,30);1H. The number of nitrogens with zero attached hydrogens (tertiary/aromatic N) is 4. The van der Waals surface area contributed by atoms with Crippen LogP contribution in [0.4, 0.5) is 0 Å². The second kappa shape index (κ2) is 9.67. The van der Waals surface area contributed by atoms with Gasteiger partial charge >= 0.3 is 5.97 Å². The van der Waals surface area contributed by atoms with Crippen LogP contribution in [0, 0.1) is 11.8 Å². The Balaban J connectivity index is 0.00000253. The van der Waals surface area contributed by atoms with Crippen LogP contribution in [0.25, 0.3) is 28.0 Å². The van der Waals surface area contributed by atoms with Crippen LogP contribution in [0.2, 0.25) is 0 Å². The van der Waals surface area contributed by atoms with E-state index in [0.29, 0.717) is 29.8 Å². The summed E-state index contributed by atoms with van der Waals surface area (Å²) in [6.07, 6.45) is 5.52. The summed E-state index contributed by atoms with van der Waals surface area (Å²) in [4.78, 5) is 11.5. The molecule has 1 aliphatic carbocycles. The van der Waals surface area contributed by atoms with Crippen molar-refractivity contribution in [2.75, 3.05) is 6.54 Å². The summed E-state index contributed by atoms with van der Waals surface area (Å²) >= 11 is 0. The number of nitrogens with one attached hydrogen (secondary N) is 2. The fourth-order valence-corrected chi connectivity index (χ4v) is 5.52. The van der Waals surface area contributed by atoms with Crippen LogP contribution < -0.4 is 10.1 Å². The van der Waals surface area contributed by atoms with Gasteiger partial charge in [0.25, 0.3) is 0 Å². The highest BCUT2D eigenvalue weighted by molar-refractivity contribution is 5.85. The van der Waals surface area contributed by atoms with Crippen molar-refractivity contribution in [1.29, 1.82) is 0 Å². The lowest BCUT2D eigenvalue weighted by atomic mass is 9.72. The number of hydrogen-bond acceptors (Lipinski definition) is 6. The zero-order valence-electron chi connectivity index (χ0n) is 19.0. The van der Waals surface area contributed by atoms with Crippen LogP contribution in [-0.2, 0) is 4.79 Å². The third kappa shape index (κ3) is 4.49. The van der Waals surface area contributed by atoms with E-state index < -0.39 is 12.0 Å². The smallest absolute Gasteiger partial charge is 0.320 e. The second-order valence-electron chi connectivity index (χ2n) is 9.27. The number of carboxylic acids is 1. The maximum absolute atomic E-state index is 11.5. The second-order valence-corrected chi connectivity index (χ2v) is 9.27. The SMILES string of the molecule is Cl.O=C(O)C1CC2CC(Oc3cc(-n4ccc5ccccc54)ccc3-c3nn[nH]n3)CCC2CN1. The van der Waals surface area contributed by atoms with Crippen molar-refractivity contribution in [2.24, 2.45) is 11.8 Å². The third-order valence-corrected chi connectivity index (χ3v) is 7.28. The maximum atomic E-state index is 11.5. The monoisotopic (exact) mass is 494 g/mol. The van der Waals surface area contributed by atoms with Gasteiger partial charge < -0.3 is 19.7 Å². The molecule has 3 heterocycles. The topological polar surface area (TPSA) is 118 Å². The Hall–Kier alpha value is -3.43. The quantitative estimate of drug-likeness (QED) is 0.385. The number of rotatable bonds is 5. The number of hydrogen-bond donors (Lipinski definition) is 3. The molecule has 1 aliphatic heterocycles. The Labute approximate surface area is 208 Å². The summed E-state index contributed by atoms with van der Waals surface area (Å²) in [7, 11) is 0. The Kier molecular flexibility index (Phi) is 6.44. The molecule has 35 heavy (non-hydrogen) atoms. The molecule has 4 atom stereocenters. The number of ether oxygens (including phenoxy) is 1. The Morgan fingerprint density at radius 3 is 2.80 bits per heavy atom. The zero-order chi connectivity index (χ0) is 23.1. The molecule has 1 saturated heterocycles. The first-order valence-electron chi connectivity index (χ1n) is 11.7. The van der Waals surface area contributed by atoms with Gasteiger partial charge in [0, 0.05) is 18.0 Å². The molecule has 0 amide bonds. The molecule has 4 unspecified atom stereocenters. The Morgan fingerprint density at radius 2 is 1.97 bits per heavy atom. The Bertz CT molecular complexity index is 1320. The van der Waals surface area contributed by atoms with Crippen molar-refractivity contribution in [2.45, 2.75) is 37.8 Å². The summed E-state index contributed by atoms with van der Waals surface area (Å²) < 4.78 is 8.75. The number of fused-ring (bicyclic) bond motifs is 2. The number of aromatic nitrogens is 5. The van der Waals surface area contributed by atoms with E-state index in [9.17, 15) is 9.90 Å². The molecule has 3 N–H and O–H groups in total. The van der Waals surface area contributed by atoms with Crippen molar-refractivity contribution in [3.8, 4) is 22.8 Å². The van der Waals surface area contributed by atoms with Crippen molar-refractivity contribution in [3.63, 3.8) is 0 Å². The number of carbonyl (C=O) groups is 1. The molecule has 1 saturated carbocycles. The average molecular weight is 495 g/mol. The molecule has 9 nitrogen and oxygen atoms in total. The average Bonchev–Trinajstić information content (AvgIpc) is 3.54. The van der Waals surface area contributed by atoms with E-state index in [4.69, 9.17) is 4.74 Å². The molecular formula is C25H27ClN6O3. The maximum Gasteiger partial charge on any atom is 0.320 e. The van der Waals surface area contributed by atoms with Gasteiger partial charge in [0.2, 0.25) is 5.82 Å². The van der Waals surface area contributed by atoms with Crippen molar-refractivity contribution >= 4 is 29.3 Å². The lowest BCUT2D eigenvalue weighted by Gasteiger charge is -2.41. The first-order valence-corrected chi connectivity index (χ1v) is 11.7. The minimum Gasteiger partial charge on any atom is -0.490 e. The Morgan fingerprint density at radius 1 is 1.09 bits per heavy atom. The molecule has 6 rings (SSSR count). The summed E-state index contributed by atoms with van der Waals surface area (Å²) in [5, 5.41) is 28.4. The van der Waals surface area contributed by atoms with E-state index in [1.54, 1.807) is 0 Å². The van der Waals surface area contributed by atoms with Gasteiger partial charge in [0.15, 0.2) is 0 Å². The lowest BCUT2D eigenvalue weighted by molar-refractivity contribution is -0.141. The summed E-state index contributed by atoms with van der Waals surface area (Å²) in [6.45, 7) is 0.763. The number of aliphatic carboxylic acids is 1. The number of benzene rings is 2. The number of H-pyrrole nitrogens is 1. The number of tetrazole rings is 1. The van der Waals surface area contributed by atoms with Crippen molar-refractivity contribution < 1.29 is 14.6 Å². The zero-order valence-corrected chi connectivity index (χ0v) is 19.8. The van der Waals surface area contributed by atoms with Crippen LogP contribution in [0.15, 0.2) is 54.7 Å². The van der Waals surface area contributed by atoms with E-state index in [-0.39, 0.29) is 18.5 Å². The molecule has 4 aromatic rings. The fraction of sp³-hybridized carbons (Fsp3) is 0.360. The number of carboxylic acid groups (broad SMARTS) is 1. The highest BCUT2D eigenvalue weighted by atomic mass is 35.5. The van der Waals surface area contributed by atoms with Crippen molar-refractivity contribution in [1.82, 2.24) is 30.5 Å². The van der Waals surface area contributed by atoms with Gasteiger partial charge in [-0.2, -0.15) is 5.21 Å². The lowest BCUT2D eigenvalue weighted by Crippen LogP contribution is -2.50. The molecule has 0 spiro atoms. The van der Waals surface area contributed by atoms with Gasteiger partial charge in [-0.3, -0.25) is 4.79 Å². The number of halogens is 1. The normalized spacial score (nSPS) is 23.9. The number of piperidine rings is 1. The van der Waals surface area contributed by atoms with Crippen LogP contribution in [0.3, 0.4) is 0 Å².